The van der Waals surface area contributed by atoms with Crippen molar-refractivity contribution >= 4 is 0 Å². The van der Waals surface area contributed by atoms with E-state index in [1.54, 1.807) is 0 Å². The molecule has 1 N–H and O–H groups in total. The first-order chi connectivity index (χ1) is 7.60. The van der Waals surface area contributed by atoms with Gasteiger partial charge in [-0.15, -0.1) is 0 Å². The average Bonchev–Trinajstić information content (AvgIpc) is 2.23. The molecule has 0 saturated carbocycles. The predicted molar refractivity (Wildman–Crippen MR) is 72.6 cm³/mol. The van der Waals surface area contributed by atoms with Crippen LogP contribution in [-0.4, -0.2) is 11.2 Å². The molecule has 0 bridgehead atoms. The smallest absolute Gasteiger partial charge is 0.0577 e. The van der Waals surface area contributed by atoms with E-state index in [9.17, 15) is 5.11 Å². The third-order valence-electron chi connectivity index (χ3n) is 2.79. The van der Waals surface area contributed by atoms with Gasteiger partial charge >= 0.3 is 0 Å². The van der Waals surface area contributed by atoms with E-state index in [2.05, 4.69) is 26.5 Å². The van der Waals surface area contributed by atoms with Gasteiger partial charge in [-0.3, -0.25) is 0 Å². The molecule has 1 atom stereocenters. The molecule has 0 rings (SSSR count). The fourth-order valence-electron chi connectivity index (χ4n) is 1.87. The van der Waals surface area contributed by atoms with Crippen molar-refractivity contribution < 1.29 is 5.11 Å². The van der Waals surface area contributed by atoms with Crippen molar-refractivity contribution in [3.63, 3.8) is 0 Å². The molecular weight excluding hydrogens is 196 g/mol. The van der Waals surface area contributed by atoms with Crippen LogP contribution in [0.15, 0.2) is 23.8 Å². The lowest BCUT2D eigenvalue weighted by Crippen LogP contribution is -2.07. The SMILES string of the molecule is C=C(C)/C=C(\CC)CC(O)CCCCCC. The van der Waals surface area contributed by atoms with E-state index < -0.39 is 0 Å². The second-order valence-electron chi connectivity index (χ2n) is 4.71. The van der Waals surface area contributed by atoms with Crippen LogP contribution >= 0.6 is 0 Å². The summed E-state index contributed by atoms with van der Waals surface area (Å²) in [5, 5.41) is 9.89. The molecule has 94 valence electrons. The lowest BCUT2D eigenvalue weighted by molar-refractivity contribution is 0.160. The van der Waals surface area contributed by atoms with E-state index in [1.807, 2.05) is 6.92 Å². The van der Waals surface area contributed by atoms with Crippen LogP contribution in [0.25, 0.3) is 0 Å². The van der Waals surface area contributed by atoms with Crippen molar-refractivity contribution in [2.75, 3.05) is 0 Å². The quantitative estimate of drug-likeness (QED) is 0.447. The van der Waals surface area contributed by atoms with Crippen LogP contribution in [0.2, 0.25) is 0 Å². The minimum Gasteiger partial charge on any atom is -0.393 e. The number of hydrogen-bond donors (Lipinski definition) is 1. The van der Waals surface area contributed by atoms with Crippen LogP contribution in [0.5, 0.6) is 0 Å². The first kappa shape index (κ1) is 15.4. The largest absolute Gasteiger partial charge is 0.393 e. The Balaban J connectivity index is 3.83. The Morgan fingerprint density at radius 2 is 1.94 bits per heavy atom. The van der Waals surface area contributed by atoms with Crippen LogP contribution in [0, 0.1) is 0 Å². The molecule has 1 nitrogen and oxygen atoms in total. The Kier molecular flexibility index (Phi) is 9.31. The highest BCUT2D eigenvalue weighted by Crippen LogP contribution is 2.16. The summed E-state index contributed by atoms with van der Waals surface area (Å²) in [7, 11) is 0. The van der Waals surface area contributed by atoms with Gasteiger partial charge in [0.1, 0.15) is 0 Å². The summed E-state index contributed by atoms with van der Waals surface area (Å²) in [6.07, 6.45) is 9.65. The van der Waals surface area contributed by atoms with Crippen LogP contribution in [-0.2, 0) is 0 Å². The molecule has 0 aromatic heterocycles. The molecule has 0 aliphatic rings. The maximum atomic E-state index is 9.89. The summed E-state index contributed by atoms with van der Waals surface area (Å²) in [4.78, 5) is 0. The summed E-state index contributed by atoms with van der Waals surface area (Å²) in [6.45, 7) is 10.2. The van der Waals surface area contributed by atoms with E-state index in [1.165, 1.54) is 24.8 Å². The highest BCUT2D eigenvalue weighted by atomic mass is 16.3. The molecule has 1 heteroatoms. The topological polar surface area (TPSA) is 20.2 Å². The minimum atomic E-state index is -0.164. The second kappa shape index (κ2) is 9.65. The number of rotatable bonds is 9. The monoisotopic (exact) mass is 224 g/mol. The fraction of sp³-hybridized carbons (Fsp3) is 0.733. The zero-order valence-electron chi connectivity index (χ0n) is 11.3. The Labute approximate surface area is 101 Å². The first-order valence-electron chi connectivity index (χ1n) is 6.63. The normalized spacial score (nSPS) is 13.9. The average molecular weight is 224 g/mol. The predicted octanol–water partition coefficient (Wildman–Crippen LogP) is 4.62. The maximum absolute atomic E-state index is 9.89. The van der Waals surface area contributed by atoms with Crippen LogP contribution in [0.1, 0.15) is 65.7 Å². The number of allylic oxidation sites excluding steroid dienone is 2. The molecule has 0 amide bonds. The molecule has 0 fully saturated rings. The molecule has 0 aromatic carbocycles. The second-order valence-corrected chi connectivity index (χ2v) is 4.71. The van der Waals surface area contributed by atoms with Crippen LogP contribution in [0.4, 0.5) is 0 Å². The molecule has 0 aliphatic carbocycles. The summed E-state index contributed by atoms with van der Waals surface area (Å²) < 4.78 is 0. The fourth-order valence-corrected chi connectivity index (χ4v) is 1.87. The number of unbranched alkanes of at least 4 members (excludes halogenated alkanes) is 3. The third-order valence-corrected chi connectivity index (χ3v) is 2.79. The van der Waals surface area contributed by atoms with Gasteiger partial charge in [0.05, 0.1) is 6.10 Å². The van der Waals surface area contributed by atoms with E-state index in [-0.39, 0.29) is 6.10 Å². The van der Waals surface area contributed by atoms with Gasteiger partial charge in [0.25, 0.3) is 0 Å². The number of aliphatic hydroxyl groups is 1. The van der Waals surface area contributed by atoms with Crippen LogP contribution < -0.4 is 0 Å². The van der Waals surface area contributed by atoms with Crippen molar-refractivity contribution in [3.05, 3.63) is 23.8 Å². The van der Waals surface area contributed by atoms with Gasteiger partial charge in [0, 0.05) is 0 Å². The molecular formula is C15H28O. The Morgan fingerprint density at radius 3 is 2.44 bits per heavy atom. The number of aliphatic hydroxyl groups excluding tert-OH is 1. The van der Waals surface area contributed by atoms with Crippen molar-refractivity contribution in [2.45, 2.75) is 71.8 Å². The van der Waals surface area contributed by atoms with Gasteiger partial charge in [0.15, 0.2) is 0 Å². The van der Waals surface area contributed by atoms with E-state index >= 15 is 0 Å². The zero-order chi connectivity index (χ0) is 12.4. The molecule has 16 heavy (non-hydrogen) atoms. The van der Waals surface area contributed by atoms with Crippen molar-refractivity contribution in [2.24, 2.45) is 0 Å². The maximum Gasteiger partial charge on any atom is 0.0577 e. The molecule has 0 saturated heterocycles. The molecule has 0 radical (unpaired) electrons. The standard InChI is InChI=1S/C15H28O/c1-5-7-8-9-10-15(16)12-14(6-2)11-13(3)4/h11,15-16H,3,5-10,12H2,1-2,4H3/b14-11+. The van der Waals surface area contributed by atoms with Gasteiger partial charge in [-0.1, -0.05) is 63.3 Å². The van der Waals surface area contributed by atoms with Crippen molar-refractivity contribution in [1.82, 2.24) is 0 Å². The number of hydrogen-bond acceptors (Lipinski definition) is 1. The Bertz CT molecular complexity index is 215. The summed E-state index contributed by atoms with van der Waals surface area (Å²) in [6, 6.07) is 0. The summed E-state index contributed by atoms with van der Waals surface area (Å²) >= 11 is 0. The Hall–Kier alpha value is -0.560. The van der Waals surface area contributed by atoms with E-state index in [0.717, 1.165) is 31.3 Å². The van der Waals surface area contributed by atoms with Crippen molar-refractivity contribution in [1.29, 1.82) is 0 Å². The van der Waals surface area contributed by atoms with E-state index in [0.29, 0.717) is 0 Å². The lowest BCUT2D eigenvalue weighted by atomic mass is 9.99. The van der Waals surface area contributed by atoms with Crippen LogP contribution in [0.3, 0.4) is 0 Å². The molecule has 0 aromatic rings. The van der Waals surface area contributed by atoms with E-state index in [4.69, 9.17) is 0 Å². The molecule has 1 unspecified atom stereocenters. The van der Waals surface area contributed by atoms with Gasteiger partial charge in [0.2, 0.25) is 0 Å². The molecule has 0 aliphatic heterocycles. The third kappa shape index (κ3) is 8.72. The zero-order valence-corrected chi connectivity index (χ0v) is 11.3. The molecule has 0 heterocycles. The molecule has 0 spiro atoms. The van der Waals surface area contributed by atoms with Gasteiger partial charge in [-0.2, -0.15) is 0 Å². The highest BCUT2D eigenvalue weighted by Gasteiger charge is 2.06. The summed E-state index contributed by atoms with van der Waals surface area (Å²) in [5.74, 6) is 0. The van der Waals surface area contributed by atoms with Gasteiger partial charge in [-0.25, -0.2) is 0 Å². The minimum absolute atomic E-state index is 0.164. The van der Waals surface area contributed by atoms with Gasteiger partial charge < -0.3 is 5.11 Å². The first-order valence-corrected chi connectivity index (χ1v) is 6.63. The summed E-state index contributed by atoms with van der Waals surface area (Å²) in [5.41, 5.74) is 2.39. The van der Waals surface area contributed by atoms with Gasteiger partial charge in [-0.05, 0) is 26.2 Å². The highest BCUT2D eigenvalue weighted by molar-refractivity contribution is 5.18. The lowest BCUT2D eigenvalue weighted by Gasteiger charge is -2.12. The van der Waals surface area contributed by atoms with Crippen molar-refractivity contribution in [3.8, 4) is 0 Å². The Morgan fingerprint density at radius 1 is 1.25 bits per heavy atom.